The molecule has 4 aliphatic rings. The number of ether oxygens (including phenoxy) is 1. The van der Waals surface area contributed by atoms with Gasteiger partial charge in [-0.1, -0.05) is 24.3 Å². The molecule has 4 aliphatic carbocycles. The second-order valence-corrected chi connectivity index (χ2v) is 4.64. The van der Waals surface area contributed by atoms with Crippen LogP contribution in [0.15, 0.2) is 24.3 Å². The van der Waals surface area contributed by atoms with Crippen LogP contribution in [-0.4, -0.2) is 19.2 Å². The molecule has 2 bridgehead atoms. The first-order valence-electron chi connectivity index (χ1n) is 5.51. The number of nitrogens with one attached hydrogen (secondary N) is 1. The highest BCUT2D eigenvalue weighted by atomic mass is 16.5. The van der Waals surface area contributed by atoms with Gasteiger partial charge in [-0.25, -0.2) is 4.79 Å². The number of methoxy groups -OCH3 is 1. The maximum atomic E-state index is 11.2. The zero-order valence-corrected chi connectivity index (χ0v) is 8.72. The Morgan fingerprint density at radius 1 is 1.20 bits per heavy atom. The molecule has 0 heterocycles. The van der Waals surface area contributed by atoms with Crippen LogP contribution in [0.3, 0.4) is 0 Å². The first-order valence-corrected chi connectivity index (χ1v) is 5.51. The minimum atomic E-state index is -0.305. The summed E-state index contributed by atoms with van der Waals surface area (Å²) in [6, 6.07) is 0.263. The predicted molar refractivity (Wildman–Crippen MR) is 56.2 cm³/mol. The molecule has 0 aliphatic heterocycles. The molecule has 3 nitrogen and oxygen atoms in total. The smallest absolute Gasteiger partial charge is 0.407 e. The number of alkyl carbamates (subject to hydrolysis) is 1. The SMILES string of the molecule is COC(=O)N[C@@H]1C[C@@H]2C=C[C@@H]1[C@H]1C=C[C@@H]12. The van der Waals surface area contributed by atoms with Crippen molar-refractivity contribution < 1.29 is 9.53 Å². The van der Waals surface area contributed by atoms with Gasteiger partial charge in [0, 0.05) is 12.0 Å². The van der Waals surface area contributed by atoms with E-state index < -0.39 is 0 Å². The first-order chi connectivity index (χ1) is 7.29. The van der Waals surface area contributed by atoms with Crippen LogP contribution in [-0.2, 0) is 4.74 Å². The molecule has 1 N–H and O–H groups in total. The van der Waals surface area contributed by atoms with E-state index >= 15 is 0 Å². The third-order valence-corrected chi connectivity index (χ3v) is 4.00. The third-order valence-electron chi connectivity index (χ3n) is 4.00. The summed E-state index contributed by atoms with van der Waals surface area (Å²) in [5, 5.41) is 2.94. The minimum absolute atomic E-state index is 0.263. The lowest BCUT2D eigenvalue weighted by Gasteiger charge is -2.51. The summed E-state index contributed by atoms with van der Waals surface area (Å²) >= 11 is 0. The van der Waals surface area contributed by atoms with Crippen molar-refractivity contribution in [3.8, 4) is 0 Å². The largest absolute Gasteiger partial charge is 0.453 e. The van der Waals surface area contributed by atoms with Crippen LogP contribution in [0, 0.1) is 23.7 Å². The second kappa shape index (κ2) is 3.12. The summed E-state index contributed by atoms with van der Waals surface area (Å²) in [7, 11) is 1.41. The topological polar surface area (TPSA) is 38.3 Å². The lowest BCUT2D eigenvalue weighted by atomic mass is 9.56. The Morgan fingerprint density at radius 3 is 2.53 bits per heavy atom. The van der Waals surface area contributed by atoms with E-state index in [-0.39, 0.29) is 12.1 Å². The number of hydrogen-bond donors (Lipinski definition) is 1. The summed E-state index contributed by atoms with van der Waals surface area (Å²) in [4.78, 5) is 11.2. The third kappa shape index (κ3) is 1.22. The van der Waals surface area contributed by atoms with E-state index in [1.54, 1.807) is 0 Å². The molecule has 0 spiro atoms. The zero-order valence-electron chi connectivity index (χ0n) is 8.72. The molecule has 4 rings (SSSR count). The Morgan fingerprint density at radius 2 is 1.93 bits per heavy atom. The van der Waals surface area contributed by atoms with Gasteiger partial charge in [0.25, 0.3) is 0 Å². The van der Waals surface area contributed by atoms with Crippen LogP contribution in [0.25, 0.3) is 0 Å². The molecular formula is C12H15NO2. The van der Waals surface area contributed by atoms with Crippen LogP contribution in [0.4, 0.5) is 4.79 Å². The quantitative estimate of drug-likeness (QED) is 0.662. The van der Waals surface area contributed by atoms with E-state index in [2.05, 4.69) is 34.4 Å². The molecule has 0 aromatic carbocycles. The number of rotatable bonds is 1. The maximum Gasteiger partial charge on any atom is 0.407 e. The van der Waals surface area contributed by atoms with E-state index in [4.69, 9.17) is 0 Å². The molecule has 15 heavy (non-hydrogen) atoms. The molecule has 1 saturated carbocycles. The van der Waals surface area contributed by atoms with Crippen LogP contribution < -0.4 is 5.32 Å². The Hall–Kier alpha value is -1.25. The van der Waals surface area contributed by atoms with Gasteiger partial charge in [0.2, 0.25) is 0 Å². The average molecular weight is 205 g/mol. The zero-order chi connectivity index (χ0) is 10.4. The van der Waals surface area contributed by atoms with E-state index in [0.717, 1.165) is 12.3 Å². The Kier molecular flexibility index (Phi) is 1.87. The Balaban J connectivity index is 1.76. The van der Waals surface area contributed by atoms with Gasteiger partial charge >= 0.3 is 6.09 Å². The molecule has 80 valence electrons. The second-order valence-electron chi connectivity index (χ2n) is 4.64. The van der Waals surface area contributed by atoms with Crippen molar-refractivity contribution in [1.82, 2.24) is 5.32 Å². The fourth-order valence-corrected chi connectivity index (χ4v) is 3.16. The van der Waals surface area contributed by atoms with Gasteiger partial charge in [-0.2, -0.15) is 0 Å². The van der Waals surface area contributed by atoms with Crippen LogP contribution >= 0.6 is 0 Å². The molecule has 3 heteroatoms. The lowest BCUT2D eigenvalue weighted by molar-refractivity contribution is 0.113. The standard InChI is InChI=1S/C12H15NO2/c1-15-12(14)13-11-6-7-2-3-10(11)9-5-4-8(7)9/h2-5,7-11H,6H2,1H3,(H,13,14)/t7-,8+,9-,10+,11+/m0/s1. The van der Waals surface area contributed by atoms with Gasteiger partial charge in [0.1, 0.15) is 0 Å². The van der Waals surface area contributed by atoms with Crippen molar-refractivity contribution in [2.75, 3.05) is 7.11 Å². The van der Waals surface area contributed by atoms with Crippen molar-refractivity contribution in [3.05, 3.63) is 24.3 Å². The van der Waals surface area contributed by atoms with Gasteiger partial charge in [0.15, 0.2) is 0 Å². The number of carbonyl (C=O) groups excluding carboxylic acids is 1. The molecule has 1 fully saturated rings. The van der Waals surface area contributed by atoms with Gasteiger partial charge < -0.3 is 10.1 Å². The van der Waals surface area contributed by atoms with Crippen molar-refractivity contribution >= 4 is 6.09 Å². The predicted octanol–water partition coefficient (Wildman–Crippen LogP) is 1.72. The highest BCUT2D eigenvalue weighted by Crippen LogP contribution is 2.50. The van der Waals surface area contributed by atoms with E-state index in [1.807, 2.05) is 0 Å². The van der Waals surface area contributed by atoms with E-state index in [9.17, 15) is 4.79 Å². The first kappa shape index (κ1) is 9.01. The highest BCUT2D eigenvalue weighted by Gasteiger charge is 2.47. The number of hydrogen-bond acceptors (Lipinski definition) is 2. The summed E-state index contributed by atoms with van der Waals surface area (Å²) < 4.78 is 4.65. The Labute approximate surface area is 89.2 Å². The summed E-state index contributed by atoms with van der Waals surface area (Å²) in [6.45, 7) is 0. The van der Waals surface area contributed by atoms with Gasteiger partial charge in [0.05, 0.1) is 7.11 Å². The minimum Gasteiger partial charge on any atom is -0.453 e. The molecule has 0 radical (unpaired) electrons. The van der Waals surface area contributed by atoms with E-state index in [1.165, 1.54) is 7.11 Å². The van der Waals surface area contributed by atoms with E-state index in [0.29, 0.717) is 17.8 Å². The number of carbonyl (C=O) groups is 1. The summed E-state index contributed by atoms with van der Waals surface area (Å²) in [6.07, 6.45) is 9.91. The molecule has 5 atom stereocenters. The molecular weight excluding hydrogens is 190 g/mol. The molecule has 0 aromatic rings. The molecule has 1 amide bonds. The van der Waals surface area contributed by atoms with Gasteiger partial charge in [-0.15, -0.1) is 0 Å². The average Bonchev–Trinajstić information content (AvgIpc) is 2.18. The van der Waals surface area contributed by atoms with Crippen molar-refractivity contribution in [1.29, 1.82) is 0 Å². The molecule has 0 saturated heterocycles. The number of allylic oxidation sites excluding steroid dienone is 3. The van der Waals surface area contributed by atoms with Crippen LogP contribution in [0.2, 0.25) is 0 Å². The normalized spacial score (nSPS) is 44.5. The van der Waals surface area contributed by atoms with Crippen molar-refractivity contribution in [3.63, 3.8) is 0 Å². The number of amides is 1. The van der Waals surface area contributed by atoms with Crippen LogP contribution in [0.5, 0.6) is 0 Å². The fourth-order valence-electron chi connectivity index (χ4n) is 3.16. The van der Waals surface area contributed by atoms with Crippen molar-refractivity contribution in [2.45, 2.75) is 12.5 Å². The van der Waals surface area contributed by atoms with Crippen molar-refractivity contribution in [2.24, 2.45) is 23.7 Å². The molecule has 0 aromatic heterocycles. The number of fused-ring (bicyclic) bond motifs is 1. The van der Waals surface area contributed by atoms with Gasteiger partial charge in [-0.3, -0.25) is 0 Å². The molecule has 0 unspecified atom stereocenters. The summed E-state index contributed by atoms with van der Waals surface area (Å²) in [5.41, 5.74) is 0. The Bertz CT molecular complexity index is 348. The maximum absolute atomic E-state index is 11.2. The lowest BCUT2D eigenvalue weighted by Crippen LogP contribution is -2.53. The summed E-state index contributed by atoms with van der Waals surface area (Å²) in [5.74, 6) is 2.47. The fraction of sp³-hybridized carbons (Fsp3) is 0.583. The van der Waals surface area contributed by atoms with Gasteiger partial charge in [-0.05, 0) is 24.2 Å². The van der Waals surface area contributed by atoms with Crippen LogP contribution in [0.1, 0.15) is 6.42 Å². The highest BCUT2D eigenvalue weighted by molar-refractivity contribution is 5.67. The monoisotopic (exact) mass is 205 g/mol.